The SMILES string of the molecule is CCOc1ccc(N(CC(=O)N(Cc2cccc(C)c2)C(Cc2ccccc2)C(=O)NC2CCCCC2)S(=O)(=O)c2ccc(Cl)cc2)cc1. The van der Waals surface area contributed by atoms with Crippen LogP contribution >= 0.6 is 11.6 Å². The van der Waals surface area contributed by atoms with Gasteiger partial charge < -0.3 is 15.0 Å². The third kappa shape index (κ3) is 9.64. The van der Waals surface area contributed by atoms with Gasteiger partial charge in [0.25, 0.3) is 10.0 Å². The quantitative estimate of drug-likeness (QED) is 0.149. The summed E-state index contributed by atoms with van der Waals surface area (Å²) in [5.41, 5.74) is 3.03. The Morgan fingerprint density at radius 1 is 0.878 bits per heavy atom. The first-order valence-corrected chi connectivity index (χ1v) is 18.7. The zero-order valence-corrected chi connectivity index (χ0v) is 29.6. The molecule has 0 radical (unpaired) electrons. The first kappa shape index (κ1) is 36.0. The highest BCUT2D eigenvalue weighted by atomic mass is 35.5. The Labute approximate surface area is 295 Å². The van der Waals surface area contributed by atoms with Gasteiger partial charge in [-0.1, -0.05) is 91.0 Å². The summed E-state index contributed by atoms with van der Waals surface area (Å²) in [5, 5.41) is 3.63. The number of benzene rings is 4. The largest absolute Gasteiger partial charge is 0.494 e. The molecule has 258 valence electrons. The lowest BCUT2D eigenvalue weighted by Gasteiger charge is -2.35. The van der Waals surface area contributed by atoms with Crippen LogP contribution in [0.25, 0.3) is 0 Å². The van der Waals surface area contributed by atoms with Gasteiger partial charge in [0, 0.05) is 24.0 Å². The maximum absolute atomic E-state index is 14.7. The van der Waals surface area contributed by atoms with Gasteiger partial charge >= 0.3 is 0 Å². The lowest BCUT2D eigenvalue weighted by atomic mass is 9.94. The highest BCUT2D eigenvalue weighted by Crippen LogP contribution is 2.28. The second-order valence-corrected chi connectivity index (χ2v) is 14.8. The van der Waals surface area contributed by atoms with Crippen LogP contribution in [0.4, 0.5) is 5.69 Å². The molecule has 1 fully saturated rings. The van der Waals surface area contributed by atoms with E-state index in [2.05, 4.69) is 5.32 Å². The average Bonchev–Trinajstić information content (AvgIpc) is 3.10. The molecule has 8 nitrogen and oxygen atoms in total. The summed E-state index contributed by atoms with van der Waals surface area (Å²) >= 11 is 6.10. The predicted octanol–water partition coefficient (Wildman–Crippen LogP) is 7.33. The third-order valence-electron chi connectivity index (χ3n) is 8.77. The molecular formula is C39H44ClN3O5S. The van der Waals surface area contributed by atoms with Crippen LogP contribution in [0, 0.1) is 6.92 Å². The molecule has 2 amide bonds. The zero-order chi connectivity index (χ0) is 34.8. The molecule has 1 N–H and O–H groups in total. The molecule has 1 aliphatic carbocycles. The number of ether oxygens (including phenoxy) is 1. The highest BCUT2D eigenvalue weighted by molar-refractivity contribution is 7.92. The van der Waals surface area contributed by atoms with Gasteiger partial charge in [0.05, 0.1) is 17.2 Å². The fourth-order valence-corrected chi connectivity index (χ4v) is 7.78. The third-order valence-corrected chi connectivity index (χ3v) is 10.8. The molecule has 49 heavy (non-hydrogen) atoms. The minimum atomic E-state index is -4.25. The smallest absolute Gasteiger partial charge is 0.264 e. The van der Waals surface area contributed by atoms with Crippen LogP contribution in [0.15, 0.2) is 108 Å². The Bertz CT molecular complexity index is 1790. The summed E-state index contributed by atoms with van der Waals surface area (Å²) in [7, 11) is -4.25. The normalized spacial score (nSPS) is 14.1. The summed E-state index contributed by atoms with van der Waals surface area (Å²) in [6.45, 7) is 3.87. The summed E-state index contributed by atoms with van der Waals surface area (Å²) in [4.78, 5) is 30.5. The van der Waals surface area contributed by atoms with Crippen molar-refractivity contribution < 1.29 is 22.7 Å². The number of rotatable bonds is 14. The number of halogens is 1. The molecule has 0 bridgehead atoms. The molecule has 1 aliphatic rings. The Morgan fingerprint density at radius 2 is 1.55 bits per heavy atom. The van der Waals surface area contributed by atoms with Gasteiger partial charge in [0.1, 0.15) is 18.3 Å². The van der Waals surface area contributed by atoms with Crippen LogP contribution in [0.3, 0.4) is 0 Å². The number of hydrogen-bond acceptors (Lipinski definition) is 5. The number of nitrogens with one attached hydrogen (secondary N) is 1. The number of nitrogens with zero attached hydrogens (tertiary/aromatic N) is 2. The van der Waals surface area contributed by atoms with Gasteiger partial charge in [-0.2, -0.15) is 0 Å². The van der Waals surface area contributed by atoms with Crippen molar-refractivity contribution in [2.75, 3.05) is 17.5 Å². The number of anilines is 1. The lowest BCUT2D eigenvalue weighted by Crippen LogP contribution is -2.55. The Morgan fingerprint density at radius 3 is 2.20 bits per heavy atom. The van der Waals surface area contributed by atoms with Crippen molar-refractivity contribution >= 4 is 39.1 Å². The van der Waals surface area contributed by atoms with Crippen LogP contribution < -0.4 is 14.4 Å². The lowest BCUT2D eigenvalue weighted by molar-refractivity contribution is -0.140. The highest BCUT2D eigenvalue weighted by Gasteiger charge is 2.35. The van der Waals surface area contributed by atoms with Gasteiger partial charge in [-0.3, -0.25) is 13.9 Å². The number of carbonyl (C=O) groups is 2. The summed E-state index contributed by atoms with van der Waals surface area (Å²) < 4.78 is 35.2. The molecule has 5 rings (SSSR count). The first-order valence-electron chi connectivity index (χ1n) is 16.8. The molecule has 1 saturated carbocycles. The van der Waals surface area contributed by atoms with E-state index >= 15 is 0 Å². The minimum Gasteiger partial charge on any atom is -0.494 e. The van der Waals surface area contributed by atoms with E-state index in [9.17, 15) is 18.0 Å². The zero-order valence-electron chi connectivity index (χ0n) is 28.1. The van der Waals surface area contributed by atoms with Crippen molar-refractivity contribution in [1.29, 1.82) is 0 Å². The van der Waals surface area contributed by atoms with Crippen molar-refractivity contribution in [3.05, 3.63) is 125 Å². The maximum Gasteiger partial charge on any atom is 0.264 e. The van der Waals surface area contributed by atoms with Crippen molar-refractivity contribution in [3.63, 3.8) is 0 Å². The molecule has 1 atom stereocenters. The molecule has 1 unspecified atom stereocenters. The van der Waals surface area contributed by atoms with Gasteiger partial charge in [-0.25, -0.2) is 8.42 Å². The molecular weight excluding hydrogens is 658 g/mol. The molecule has 4 aromatic rings. The standard InChI is InChI=1S/C39H44ClN3O5S/c1-3-48-35-21-19-34(20-22-35)43(49(46,47)36-23-17-32(40)18-24-36)28-38(44)42(27-31-14-10-11-29(2)25-31)37(26-30-12-6-4-7-13-30)39(45)41-33-15-8-5-9-16-33/h4,6-7,10-14,17-25,33,37H,3,5,8-9,15-16,26-28H2,1-2H3,(H,41,45). The molecule has 0 aromatic heterocycles. The number of carbonyl (C=O) groups excluding carboxylic acids is 2. The van der Waals surface area contributed by atoms with E-state index in [1.54, 1.807) is 29.2 Å². The van der Waals surface area contributed by atoms with Crippen molar-refractivity contribution in [2.24, 2.45) is 0 Å². The van der Waals surface area contributed by atoms with Gasteiger partial charge in [-0.15, -0.1) is 0 Å². The minimum absolute atomic E-state index is 0.0142. The fraction of sp³-hybridized carbons (Fsp3) is 0.333. The van der Waals surface area contributed by atoms with E-state index in [-0.39, 0.29) is 35.5 Å². The second kappa shape index (κ2) is 16.9. The first-order chi connectivity index (χ1) is 23.6. The van der Waals surface area contributed by atoms with Crippen molar-refractivity contribution in [1.82, 2.24) is 10.2 Å². The summed E-state index contributed by atoms with van der Waals surface area (Å²) in [5.74, 6) is -0.178. The fourth-order valence-electron chi connectivity index (χ4n) is 6.24. The Hall–Kier alpha value is -4.34. The van der Waals surface area contributed by atoms with E-state index in [4.69, 9.17) is 16.3 Å². The van der Waals surface area contributed by atoms with Gasteiger partial charge in [0.2, 0.25) is 11.8 Å². The van der Waals surface area contributed by atoms with E-state index in [0.717, 1.165) is 53.1 Å². The number of hydrogen-bond donors (Lipinski definition) is 1. The molecule has 4 aromatic carbocycles. The maximum atomic E-state index is 14.7. The monoisotopic (exact) mass is 701 g/mol. The summed E-state index contributed by atoms with van der Waals surface area (Å²) in [6.07, 6.45) is 5.27. The van der Waals surface area contributed by atoms with E-state index in [1.165, 1.54) is 24.3 Å². The van der Waals surface area contributed by atoms with E-state index < -0.39 is 28.5 Å². The van der Waals surface area contributed by atoms with Crippen LogP contribution in [-0.2, 0) is 32.6 Å². The summed E-state index contributed by atoms with van der Waals surface area (Å²) in [6, 6.07) is 29.0. The molecule has 0 heterocycles. The second-order valence-electron chi connectivity index (χ2n) is 12.5. The molecule has 0 spiro atoms. The topological polar surface area (TPSA) is 96.0 Å². The van der Waals surface area contributed by atoms with Crippen LogP contribution in [0.5, 0.6) is 5.75 Å². The number of amides is 2. The van der Waals surface area contributed by atoms with Gasteiger partial charge in [-0.05, 0) is 86.3 Å². The van der Waals surface area contributed by atoms with Gasteiger partial charge in [0.15, 0.2) is 0 Å². The van der Waals surface area contributed by atoms with Crippen LogP contribution in [0.1, 0.15) is 55.7 Å². The van der Waals surface area contributed by atoms with Crippen molar-refractivity contribution in [3.8, 4) is 5.75 Å². The van der Waals surface area contributed by atoms with E-state index in [1.807, 2.05) is 68.4 Å². The van der Waals surface area contributed by atoms with E-state index in [0.29, 0.717) is 17.4 Å². The van der Waals surface area contributed by atoms with Crippen molar-refractivity contribution in [2.45, 2.75) is 75.9 Å². The van der Waals surface area contributed by atoms with Crippen LogP contribution in [0.2, 0.25) is 5.02 Å². The molecule has 0 saturated heterocycles. The average molecular weight is 702 g/mol. The number of sulfonamides is 1. The predicted molar refractivity (Wildman–Crippen MR) is 194 cm³/mol. The Balaban J connectivity index is 1.56. The van der Waals surface area contributed by atoms with Crippen LogP contribution in [-0.4, -0.2) is 50.4 Å². The Kier molecular flexibility index (Phi) is 12.4. The molecule has 0 aliphatic heterocycles. The molecule has 10 heteroatoms. The number of aryl methyl sites for hydroxylation is 1.